The predicted octanol–water partition coefficient (Wildman–Crippen LogP) is 1.68. The number of aromatic nitrogens is 2. The summed E-state index contributed by atoms with van der Waals surface area (Å²) in [6, 6.07) is 21.0. The van der Waals surface area contributed by atoms with Crippen LogP contribution in [-0.4, -0.2) is 76.6 Å². The molecule has 1 fully saturated rings. The molecule has 1 aliphatic rings. The highest BCUT2D eigenvalue weighted by molar-refractivity contribution is 5.96. The summed E-state index contributed by atoms with van der Waals surface area (Å²) >= 11 is 0. The molecule has 1 aromatic heterocycles. The first-order valence-corrected chi connectivity index (χ1v) is 11.7. The SMILES string of the molecule is CNC(=O)CN(C(=O)c1cc(-c2ccccc2)n(-c2ccccc2)n1)C1CCN(C(=O)CN)CC1. The summed E-state index contributed by atoms with van der Waals surface area (Å²) in [5.41, 5.74) is 8.30. The molecule has 182 valence electrons. The second-order valence-corrected chi connectivity index (χ2v) is 8.45. The highest BCUT2D eigenvalue weighted by Gasteiger charge is 2.32. The maximum absolute atomic E-state index is 13.8. The molecule has 4 rings (SSSR count). The second kappa shape index (κ2) is 11.0. The van der Waals surface area contributed by atoms with E-state index in [-0.39, 0.29) is 42.5 Å². The Morgan fingerprint density at radius 2 is 1.66 bits per heavy atom. The fourth-order valence-electron chi connectivity index (χ4n) is 4.37. The van der Waals surface area contributed by atoms with E-state index in [0.717, 1.165) is 16.9 Å². The van der Waals surface area contributed by atoms with E-state index in [1.54, 1.807) is 27.6 Å². The van der Waals surface area contributed by atoms with Crippen molar-refractivity contribution in [3.8, 4) is 16.9 Å². The van der Waals surface area contributed by atoms with Gasteiger partial charge in [0.1, 0.15) is 6.54 Å². The van der Waals surface area contributed by atoms with Crippen LogP contribution in [0.15, 0.2) is 66.7 Å². The number of nitrogens with one attached hydrogen (secondary N) is 1. The van der Waals surface area contributed by atoms with Gasteiger partial charge in [-0.1, -0.05) is 48.5 Å². The third-order valence-corrected chi connectivity index (χ3v) is 6.29. The lowest BCUT2D eigenvalue weighted by Crippen LogP contribution is -2.52. The average Bonchev–Trinajstić information content (AvgIpc) is 3.37. The minimum absolute atomic E-state index is 0.0370. The average molecular weight is 475 g/mol. The van der Waals surface area contributed by atoms with Gasteiger partial charge in [-0.2, -0.15) is 5.10 Å². The van der Waals surface area contributed by atoms with Crippen LogP contribution in [0.5, 0.6) is 0 Å². The molecule has 35 heavy (non-hydrogen) atoms. The molecular weight excluding hydrogens is 444 g/mol. The quantitative estimate of drug-likeness (QED) is 0.541. The molecule has 0 bridgehead atoms. The van der Waals surface area contributed by atoms with E-state index < -0.39 is 0 Å². The van der Waals surface area contributed by atoms with Gasteiger partial charge < -0.3 is 20.9 Å². The Labute approximate surface area is 204 Å². The van der Waals surface area contributed by atoms with Crippen LogP contribution in [0.3, 0.4) is 0 Å². The Balaban J connectivity index is 1.67. The van der Waals surface area contributed by atoms with E-state index >= 15 is 0 Å². The highest BCUT2D eigenvalue weighted by Crippen LogP contribution is 2.26. The number of hydrogen-bond donors (Lipinski definition) is 2. The summed E-state index contributed by atoms with van der Waals surface area (Å²) in [6.45, 7) is 0.867. The molecule has 0 aliphatic carbocycles. The van der Waals surface area contributed by atoms with Crippen LogP contribution in [0.1, 0.15) is 23.3 Å². The molecule has 3 aromatic rings. The minimum Gasteiger partial charge on any atom is -0.358 e. The molecular formula is C26H30N6O3. The van der Waals surface area contributed by atoms with E-state index in [1.165, 1.54) is 0 Å². The highest BCUT2D eigenvalue weighted by atomic mass is 16.2. The lowest BCUT2D eigenvalue weighted by Gasteiger charge is -2.37. The molecule has 3 N–H and O–H groups in total. The predicted molar refractivity (Wildman–Crippen MR) is 133 cm³/mol. The summed E-state index contributed by atoms with van der Waals surface area (Å²) < 4.78 is 1.75. The van der Waals surface area contributed by atoms with Crippen molar-refractivity contribution in [1.29, 1.82) is 0 Å². The van der Waals surface area contributed by atoms with E-state index in [1.807, 2.05) is 60.7 Å². The van der Waals surface area contributed by atoms with Crippen LogP contribution in [-0.2, 0) is 9.59 Å². The second-order valence-electron chi connectivity index (χ2n) is 8.45. The Hall–Kier alpha value is -3.98. The van der Waals surface area contributed by atoms with Crippen molar-refractivity contribution in [3.05, 3.63) is 72.4 Å². The number of benzene rings is 2. The minimum atomic E-state index is -0.316. The number of likely N-dealkylation sites (tertiary alicyclic amines) is 1. The van der Waals surface area contributed by atoms with Gasteiger partial charge in [0.05, 0.1) is 17.9 Å². The molecule has 1 aliphatic heterocycles. The molecule has 0 unspecified atom stereocenters. The molecule has 0 radical (unpaired) electrons. The van der Waals surface area contributed by atoms with Gasteiger partial charge in [0.25, 0.3) is 5.91 Å². The molecule has 0 atom stereocenters. The van der Waals surface area contributed by atoms with Crippen LogP contribution in [0, 0.1) is 0 Å². The number of piperidine rings is 1. The van der Waals surface area contributed by atoms with E-state index in [0.29, 0.717) is 25.9 Å². The van der Waals surface area contributed by atoms with Crippen molar-refractivity contribution in [2.75, 3.05) is 33.2 Å². The van der Waals surface area contributed by atoms with Gasteiger partial charge in [-0.25, -0.2) is 4.68 Å². The van der Waals surface area contributed by atoms with Crippen molar-refractivity contribution in [2.24, 2.45) is 5.73 Å². The number of nitrogens with zero attached hydrogens (tertiary/aromatic N) is 4. The zero-order valence-corrected chi connectivity index (χ0v) is 19.8. The Morgan fingerprint density at radius 1 is 1.03 bits per heavy atom. The van der Waals surface area contributed by atoms with Crippen LogP contribution < -0.4 is 11.1 Å². The maximum atomic E-state index is 13.8. The van der Waals surface area contributed by atoms with Gasteiger partial charge in [0.15, 0.2) is 5.69 Å². The molecule has 3 amide bonds. The zero-order valence-electron chi connectivity index (χ0n) is 19.8. The van der Waals surface area contributed by atoms with Gasteiger partial charge in [-0.05, 0) is 31.0 Å². The lowest BCUT2D eigenvalue weighted by molar-refractivity contribution is -0.131. The molecule has 9 nitrogen and oxygen atoms in total. The van der Waals surface area contributed by atoms with Crippen molar-refractivity contribution in [3.63, 3.8) is 0 Å². The number of rotatable bonds is 7. The van der Waals surface area contributed by atoms with E-state index in [2.05, 4.69) is 10.4 Å². The Bertz CT molecular complexity index is 1110. The number of nitrogens with two attached hydrogens (primary N) is 1. The number of hydrogen-bond acceptors (Lipinski definition) is 5. The maximum Gasteiger partial charge on any atom is 0.275 e. The van der Waals surface area contributed by atoms with E-state index in [9.17, 15) is 14.4 Å². The summed E-state index contributed by atoms with van der Waals surface area (Å²) in [5, 5.41) is 7.28. The van der Waals surface area contributed by atoms with Crippen LogP contribution in [0.4, 0.5) is 0 Å². The van der Waals surface area contributed by atoms with Crippen LogP contribution in [0.2, 0.25) is 0 Å². The first kappa shape index (κ1) is 24.2. The zero-order chi connectivity index (χ0) is 24.8. The fourth-order valence-corrected chi connectivity index (χ4v) is 4.37. The number of amides is 3. The summed E-state index contributed by atoms with van der Waals surface area (Å²) in [4.78, 5) is 41.3. The van der Waals surface area contributed by atoms with Gasteiger partial charge in [0, 0.05) is 31.7 Å². The van der Waals surface area contributed by atoms with E-state index in [4.69, 9.17) is 5.73 Å². The van der Waals surface area contributed by atoms with Crippen molar-refractivity contribution in [2.45, 2.75) is 18.9 Å². The first-order chi connectivity index (χ1) is 17.0. The van der Waals surface area contributed by atoms with Gasteiger partial charge in [-0.15, -0.1) is 0 Å². The summed E-state index contributed by atoms with van der Waals surface area (Å²) in [6.07, 6.45) is 1.14. The monoisotopic (exact) mass is 474 g/mol. The first-order valence-electron chi connectivity index (χ1n) is 11.7. The Kier molecular flexibility index (Phi) is 7.57. The van der Waals surface area contributed by atoms with Gasteiger partial charge >= 0.3 is 0 Å². The normalized spacial score (nSPS) is 13.9. The lowest BCUT2D eigenvalue weighted by atomic mass is 10.0. The smallest absolute Gasteiger partial charge is 0.275 e. The molecule has 0 spiro atoms. The molecule has 2 aromatic carbocycles. The topological polar surface area (TPSA) is 114 Å². The molecule has 0 saturated carbocycles. The van der Waals surface area contributed by atoms with Crippen molar-refractivity contribution in [1.82, 2.24) is 24.9 Å². The number of carbonyl (C=O) groups excluding carboxylic acids is 3. The van der Waals surface area contributed by atoms with Crippen LogP contribution >= 0.6 is 0 Å². The standard InChI is InChI=1S/C26H30N6O3/c1-28-24(33)18-31(20-12-14-30(15-13-20)25(34)17-27)26(35)22-16-23(19-8-4-2-5-9-19)32(29-22)21-10-6-3-7-11-21/h2-11,16,20H,12-15,17-18,27H2,1H3,(H,28,33). The Morgan fingerprint density at radius 3 is 2.26 bits per heavy atom. The molecule has 1 saturated heterocycles. The third-order valence-electron chi connectivity index (χ3n) is 6.29. The fraction of sp³-hybridized carbons (Fsp3) is 0.308. The summed E-state index contributed by atoms with van der Waals surface area (Å²) in [7, 11) is 1.55. The van der Waals surface area contributed by atoms with Crippen LogP contribution in [0.25, 0.3) is 16.9 Å². The van der Waals surface area contributed by atoms with Gasteiger partial charge in [0.2, 0.25) is 11.8 Å². The number of carbonyl (C=O) groups is 3. The summed E-state index contributed by atoms with van der Waals surface area (Å²) in [5.74, 6) is -0.685. The molecule has 9 heteroatoms. The van der Waals surface area contributed by atoms with Crippen molar-refractivity contribution >= 4 is 17.7 Å². The largest absolute Gasteiger partial charge is 0.358 e. The third kappa shape index (κ3) is 5.41. The number of likely N-dealkylation sites (N-methyl/N-ethyl adjacent to an activating group) is 1. The van der Waals surface area contributed by atoms with Gasteiger partial charge in [-0.3, -0.25) is 14.4 Å². The van der Waals surface area contributed by atoms with Crippen molar-refractivity contribution < 1.29 is 14.4 Å². The number of para-hydroxylation sites is 1. The molecule has 2 heterocycles.